The summed E-state index contributed by atoms with van der Waals surface area (Å²) in [6.45, 7) is 3.31. The predicted octanol–water partition coefficient (Wildman–Crippen LogP) is 0.118. The van der Waals surface area contributed by atoms with Crippen molar-refractivity contribution in [2.75, 3.05) is 20.1 Å². The van der Waals surface area contributed by atoms with Crippen LogP contribution in [0.4, 0.5) is 0 Å². The molecule has 0 unspecified atom stereocenters. The number of amides is 1. The molecular weight excluding hydrogens is 192 g/mol. The molecule has 4 N–H and O–H groups in total. The first kappa shape index (κ1) is 11.8. The van der Waals surface area contributed by atoms with Gasteiger partial charge in [-0.05, 0) is 19.3 Å². The molecule has 1 saturated carbocycles. The molecular formula is C10H20N4O. The van der Waals surface area contributed by atoms with Gasteiger partial charge in [-0.2, -0.15) is 0 Å². The Morgan fingerprint density at radius 3 is 2.60 bits per heavy atom. The van der Waals surface area contributed by atoms with Crippen LogP contribution in [0.2, 0.25) is 0 Å². The standard InChI is InChI=1S/C10H20N4O/c1-3-6-13-8(15)10(4-5-10)7-14(2)9(11)12/h3-7H2,1-2H3,(H3,11,12)(H,13,15). The van der Waals surface area contributed by atoms with E-state index in [0.717, 1.165) is 25.8 Å². The quantitative estimate of drug-likeness (QED) is 0.447. The van der Waals surface area contributed by atoms with E-state index in [-0.39, 0.29) is 17.3 Å². The third-order valence-electron chi connectivity index (χ3n) is 2.82. The first-order valence-electron chi connectivity index (χ1n) is 5.35. The van der Waals surface area contributed by atoms with Crippen LogP contribution < -0.4 is 11.1 Å². The van der Waals surface area contributed by atoms with Gasteiger partial charge in [0.2, 0.25) is 5.91 Å². The van der Waals surface area contributed by atoms with E-state index in [0.29, 0.717) is 6.54 Å². The molecule has 86 valence electrons. The number of carbonyl (C=O) groups is 1. The van der Waals surface area contributed by atoms with E-state index >= 15 is 0 Å². The van der Waals surface area contributed by atoms with Gasteiger partial charge in [0.15, 0.2) is 5.96 Å². The topological polar surface area (TPSA) is 82.2 Å². The van der Waals surface area contributed by atoms with Crippen LogP contribution >= 0.6 is 0 Å². The van der Waals surface area contributed by atoms with Crippen molar-refractivity contribution in [3.05, 3.63) is 0 Å². The lowest BCUT2D eigenvalue weighted by Crippen LogP contribution is -2.43. The minimum atomic E-state index is -0.282. The first-order valence-corrected chi connectivity index (χ1v) is 5.35. The zero-order valence-electron chi connectivity index (χ0n) is 9.47. The third kappa shape index (κ3) is 2.84. The molecule has 5 nitrogen and oxygen atoms in total. The van der Waals surface area contributed by atoms with Gasteiger partial charge >= 0.3 is 0 Å². The molecule has 0 aromatic heterocycles. The second-order valence-corrected chi connectivity index (χ2v) is 4.28. The summed E-state index contributed by atoms with van der Waals surface area (Å²) in [4.78, 5) is 13.4. The molecule has 0 aliphatic heterocycles. The summed E-state index contributed by atoms with van der Waals surface area (Å²) in [6, 6.07) is 0. The van der Waals surface area contributed by atoms with Crippen LogP contribution in [0, 0.1) is 10.8 Å². The van der Waals surface area contributed by atoms with E-state index in [2.05, 4.69) is 5.32 Å². The lowest BCUT2D eigenvalue weighted by Gasteiger charge is -2.23. The molecule has 0 saturated heterocycles. The summed E-state index contributed by atoms with van der Waals surface area (Å²) in [5, 5.41) is 10.2. The maximum Gasteiger partial charge on any atom is 0.228 e. The highest BCUT2D eigenvalue weighted by atomic mass is 16.2. The molecule has 15 heavy (non-hydrogen) atoms. The number of hydrogen-bond acceptors (Lipinski definition) is 2. The minimum absolute atomic E-state index is 0.0181. The van der Waals surface area contributed by atoms with E-state index in [1.54, 1.807) is 11.9 Å². The monoisotopic (exact) mass is 212 g/mol. The number of hydrogen-bond donors (Lipinski definition) is 3. The van der Waals surface area contributed by atoms with Gasteiger partial charge in [0.05, 0.1) is 5.41 Å². The lowest BCUT2D eigenvalue weighted by atomic mass is 10.1. The third-order valence-corrected chi connectivity index (χ3v) is 2.82. The maximum atomic E-state index is 11.8. The molecule has 0 radical (unpaired) electrons. The second-order valence-electron chi connectivity index (χ2n) is 4.28. The van der Waals surface area contributed by atoms with Gasteiger partial charge in [0.25, 0.3) is 0 Å². The summed E-state index contributed by atoms with van der Waals surface area (Å²) < 4.78 is 0. The highest BCUT2D eigenvalue weighted by Crippen LogP contribution is 2.46. The molecule has 0 heterocycles. The van der Waals surface area contributed by atoms with Gasteiger partial charge in [-0.15, -0.1) is 0 Å². The highest BCUT2D eigenvalue weighted by molar-refractivity contribution is 5.86. The SMILES string of the molecule is CCCNC(=O)C1(CN(C)C(=N)N)CC1. The van der Waals surface area contributed by atoms with Crippen LogP contribution in [0.15, 0.2) is 0 Å². The van der Waals surface area contributed by atoms with Crippen molar-refractivity contribution in [3.63, 3.8) is 0 Å². The zero-order chi connectivity index (χ0) is 11.5. The Morgan fingerprint density at radius 2 is 2.20 bits per heavy atom. The van der Waals surface area contributed by atoms with Crippen molar-refractivity contribution in [2.24, 2.45) is 11.1 Å². The number of carbonyl (C=O) groups excluding carboxylic acids is 1. The van der Waals surface area contributed by atoms with Gasteiger partial charge < -0.3 is 16.0 Å². The number of nitrogens with two attached hydrogens (primary N) is 1. The predicted molar refractivity (Wildman–Crippen MR) is 59.5 cm³/mol. The fourth-order valence-corrected chi connectivity index (χ4v) is 1.57. The molecule has 1 amide bonds. The maximum absolute atomic E-state index is 11.8. The van der Waals surface area contributed by atoms with E-state index < -0.39 is 0 Å². The van der Waals surface area contributed by atoms with Crippen LogP contribution in [-0.4, -0.2) is 36.9 Å². The molecule has 1 fully saturated rings. The second kappa shape index (κ2) is 4.51. The van der Waals surface area contributed by atoms with Crippen molar-refractivity contribution in [2.45, 2.75) is 26.2 Å². The summed E-state index contributed by atoms with van der Waals surface area (Å²) in [7, 11) is 1.75. The minimum Gasteiger partial charge on any atom is -0.370 e. The van der Waals surface area contributed by atoms with Crippen LogP contribution in [0.25, 0.3) is 0 Å². The summed E-state index contributed by atoms with van der Waals surface area (Å²) in [5.41, 5.74) is 5.07. The van der Waals surface area contributed by atoms with E-state index in [1.165, 1.54) is 0 Å². The van der Waals surface area contributed by atoms with E-state index in [9.17, 15) is 4.79 Å². The largest absolute Gasteiger partial charge is 0.370 e. The number of nitrogens with zero attached hydrogens (tertiary/aromatic N) is 1. The molecule has 1 aliphatic rings. The average Bonchev–Trinajstić information content (AvgIpc) is 2.95. The number of guanidine groups is 1. The molecule has 1 aliphatic carbocycles. The molecule has 0 aromatic carbocycles. The average molecular weight is 212 g/mol. The molecule has 0 aromatic rings. The number of rotatable bonds is 5. The molecule has 0 atom stereocenters. The van der Waals surface area contributed by atoms with Gasteiger partial charge in [0, 0.05) is 20.1 Å². The zero-order valence-corrected chi connectivity index (χ0v) is 9.47. The fraction of sp³-hybridized carbons (Fsp3) is 0.800. The normalized spacial score (nSPS) is 16.9. The molecule has 1 rings (SSSR count). The van der Waals surface area contributed by atoms with E-state index in [4.69, 9.17) is 11.1 Å². The van der Waals surface area contributed by atoms with Gasteiger partial charge in [-0.1, -0.05) is 6.92 Å². The fourth-order valence-electron chi connectivity index (χ4n) is 1.57. The molecule has 0 bridgehead atoms. The van der Waals surface area contributed by atoms with Gasteiger partial charge in [-0.3, -0.25) is 10.2 Å². The molecule has 0 spiro atoms. The Bertz CT molecular complexity index is 260. The van der Waals surface area contributed by atoms with Crippen molar-refractivity contribution in [3.8, 4) is 0 Å². The Hall–Kier alpha value is -1.26. The van der Waals surface area contributed by atoms with Crippen molar-refractivity contribution in [1.29, 1.82) is 5.41 Å². The summed E-state index contributed by atoms with van der Waals surface area (Å²) in [6.07, 6.45) is 2.75. The summed E-state index contributed by atoms with van der Waals surface area (Å²) in [5.74, 6) is 0.127. The summed E-state index contributed by atoms with van der Waals surface area (Å²) >= 11 is 0. The van der Waals surface area contributed by atoms with Crippen molar-refractivity contribution < 1.29 is 4.79 Å². The van der Waals surface area contributed by atoms with E-state index in [1.807, 2.05) is 6.92 Å². The Kier molecular flexibility index (Phi) is 3.55. The van der Waals surface area contributed by atoms with Gasteiger partial charge in [0.1, 0.15) is 0 Å². The smallest absolute Gasteiger partial charge is 0.228 e. The van der Waals surface area contributed by atoms with Crippen LogP contribution in [0.5, 0.6) is 0 Å². The highest BCUT2D eigenvalue weighted by Gasteiger charge is 2.50. The van der Waals surface area contributed by atoms with Crippen LogP contribution in [0.3, 0.4) is 0 Å². The molecule has 5 heteroatoms. The number of nitrogens with one attached hydrogen (secondary N) is 2. The van der Waals surface area contributed by atoms with Gasteiger partial charge in [-0.25, -0.2) is 0 Å². The Morgan fingerprint density at radius 1 is 1.60 bits per heavy atom. The van der Waals surface area contributed by atoms with Crippen molar-refractivity contribution >= 4 is 11.9 Å². The Labute approximate surface area is 90.5 Å². The first-order chi connectivity index (χ1) is 7.02. The van der Waals surface area contributed by atoms with Crippen molar-refractivity contribution in [1.82, 2.24) is 10.2 Å². The Balaban J connectivity index is 2.45. The van der Waals surface area contributed by atoms with Crippen LogP contribution in [-0.2, 0) is 4.79 Å². The van der Waals surface area contributed by atoms with Crippen LogP contribution in [0.1, 0.15) is 26.2 Å². The lowest BCUT2D eigenvalue weighted by molar-refractivity contribution is -0.126.